The molecule has 4 nitrogen and oxygen atoms in total. The van der Waals surface area contributed by atoms with Gasteiger partial charge in [-0.05, 0) is 58.9 Å². The number of benzene rings is 4. The number of aliphatic carboxylic acids is 1. The number of hydrogen-bond acceptors (Lipinski definition) is 3. The van der Waals surface area contributed by atoms with Crippen LogP contribution in [0.4, 0.5) is 0 Å². The van der Waals surface area contributed by atoms with E-state index in [1.807, 2.05) is 42.6 Å². The highest BCUT2D eigenvalue weighted by Gasteiger charge is 2.16. The van der Waals surface area contributed by atoms with Crippen LogP contribution in [-0.2, 0) is 24.2 Å². The van der Waals surface area contributed by atoms with Crippen LogP contribution in [0.25, 0.3) is 33.2 Å². The van der Waals surface area contributed by atoms with Crippen molar-refractivity contribution < 1.29 is 14.6 Å². The molecule has 0 saturated carbocycles. The maximum absolute atomic E-state index is 10.9. The van der Waals surface area contributed by atoms with Gasteiger partial charge in [-0.3, -0.25) is 9.78 Å². The Labute approximate surface area is 217 Å². The molecule has 1 N–H and O–H groups in total. The van der Waals surface area contributed by atoms with Crippen molar-refractivity contribution >= 4 is 16.9 Å². The van der Waals surface area contributed by atoms with Gasteiger partial charge >= 0.3 is 5.97 Å². The van der Waals surface area contributed by atoms with Crippen molar-refractivity contribution in [3.8, 4) is 28.0 Å². The second-order valence-corrected chi connectivity index (χ2v) is 9.23. The van der Waals surface area contributed by atoms with Crippen molar-refractivity contribution in [2.45, 2.75) is 33.3 Å². The molecular weight excluding hydrogens is 458 g/mol. The number of pyridine rings is 1. The molecule has 0 fully saturated rings. The molecule has 4 aromatic carbocycles. The number of carboxylic acids is 1. The second-order valence-electron chi connectivity index (χ2n) is 9.23. The Bertz CT molecular complexity index is 1570. The molecule has 0 spiro atoms. The highest BCUT2D eigenvalue weighted by atomic mass is 16.5. The fourth-order valence-corrected chi connectivity index (χ4v) is 4.81. The van der Waals surface area contributed by atoms with Gasteiger partial charge in [0.2, 0.25) is 0 Å². The molecule has 37 heavy (non-hydrogen) atoms. The van der Waals surface area contributed by atoms with Gasteiger partial charge in [-0.2, -0.15) is 0 Å². The lowest BCUT2D eigenvalue weighted by molar-refractivity contribution is -0.136. The first-order chi connectivity index (χ1) is 18.0. The number of para-hydroxylation sites is 1. The summed E-state index contributed by atoms with van der Waals surface area (Å²) < 4.78 is 6.17. The highest BCUT2D eigenvalue weighted by Crippen LogP contribution is 2.40. The van der Waals surface area contributed by atoms with E-state index in [1.165, 1.54) is 11.1 Å². The number of ether oxygens (including phenoxy) is 1. The van der Waals surface area contributed by atoms with E-state index >= 15 is 0 Å². The highest BCUT2D eigenvalue weighted by molar-refractivity contribution is 6.03. The van der Waals surface area contributed by atoms with E-state index in [4.69, 9.17) is 14.8 Å². The van der Waals surface area contributed by atoms with E-state index in [-0.39, 0.29) is 6.42 Å². The number of hydrogen-bond donors (Lipinski definition) is 1. The van der Waals surface area contributed by atoms with Crippen LogP contribution in [0, 0.1) is 6.92 Å². The van der Waals surface area contributed by atoms with Gasteiger partial charge in [0.15, 0.2) is 0 Å². The van der Waals surface area contributed by atoms with Crippen molar-refractivity contribution in [3.05, 3.63) is 119 Å². The van der Waals surface area contributed by atoms with Crippen LogP contribution >= 0.6 is 0 Å². The average Bonchev–Trinajstić information content (AvgIpc) is 2.92. The van der Waals surface area contributed by atoms with Gasteiger partial charge in [0.1, 0.15) is 12.4 Å². The Morgan fingerprint density at radius 1 is 0.865 bits per heavy atom. The summed E-state index contributed by atoms with van der Waals surface area (Å²) in [7, 11) is 0. The van der Waals surface area contributed by atoms with Crippen LogP contribution in [0.3, 0.4) is 0 Å². The van der Waals surface area contributed by atoms with Crippen molar-refractivity contribution in [1.82, 2.24) is 4.98 Å². The normalized spacial score (nSPS) is 11.0. The molecular formula is C33H29NO3. The molecule has 0 atom stereocenters. The summed E-state index contributed by atoms with van der Waals surface area (Å²) in [6.07, 6.45) is 2.97. The average molecular weight is 488 g/mol. The van der Waals surface area contributed by atoms with Gasteiger partial charge in [-0.15, -0.1) is 0 Å². The quantitative estimate of drug-likeness (QED) is 0.244. The summed E-state index contributed by atoms with van der Waals surface area (Å²) in [4.78, 5) is 15.8. The number of carboxylic acid groups (broad SMARTS) is 1. The van der Waals surface area contributed by atoms with E-state index < -0.39 is 5.97 Å². The Morgan fingerprint density at radius 2 is 1.62 bits per heavy atom. The first-order valence-corrected chi connectivity index (χ1v) is 12.5. The lowest BCUT2D eigenvalue weighted by atomic mass is 9.89. The van der Waals surface area contributed by atoms with Crippen LogP contribution < -0.4 is 4.74 Å². The van der Waals surface area contributed by atoms with Gasteiger partial charge in [-0.25, -0.2) is 0 Å². The Kier molecular flexibility index (Phi) is 7.00. The zero-order valence-electron chi connectivity index (χ0n) is 21.1. The van der Waals surface area contributed by atoms with Gasteiger partial charge < -0.3 is 9.84 Å². The maximum Gasteiger partial charge on any atom is 0.307 e. The van der Waals surface area contributed by atoms with Crippen molar-refractivity contribution in [3.63, 3.8) is 0 Å². The molecule has 0 bridgehead atoms. The predicted molar refractivity (Wildman–Crippen MR) is 149 cm³/mol. The largest absolute Gasteiger partial charge is 0.489 e. The van der Waals surface area contributed by atoms with Gasteiger partial charge in [0, 0.05) is 22.7 Å². The van der Waals surface area contributed by atoms with E-state index in [9.17, 15) is 4.79 Å². The number of nitrogens with zero attached hydrogens (tertiary/aromatic N) is 1. The van der Waals surface area contributed by atoms with E-state index in [1.54, 1.807) is 0 Å². The summed E-state index contributed by atoms with van der Waals surface area (Å²) in [5, 5.41) is 10.1. The number of aryl methyl sites for hydroxylation is 2. The van der Waals surface area contributed by atoms with Crippen molar-refractivity contribution in [2.75, 3.05) is 0 Å². The lowest BCUT2D eigenvalue weighted by Crippen LogP contribution is -2.01. The third-order valence-corrected chi connectivity index (χ3v) is 6.69. The van der Waals surface area contributed by atoms with Crippen LogP contribution in [0.2, 0.25) is 0 Å². The molecule has 4 heteroatoms. The zero-order valence-corrected chi connectivity index (χ0v) is 21.1. The topological polar surface area (TPSA) is 59.4 Å². The molecule has 0 aliphatic carbocycles. The standard InChI is InChI=1S/C33H29NO3/c1-3-25-9-4-5-12-28(25)30-20-34-33-22(2)8-6-13-29(33)32(30)26-10-7-11-27(19-26)37-21-24-16-14-23(15-17-24)18-31(35)36/h4-17,19-20H,3,18,21H2,1-2H3,(H,35,36). The summed E-state index contributed by atoms with van der Waals surface area (Å²) in [5.74, 6) is -0.0555. The Hall–Kier alpha value is -4.44. The van der Waals surface area contributed by atoms with Gasteiger partial charge in [0.05, 0.1) is 11.9 Å². The summed E-state index contributed by atoms with van der Waals surface area (Å²) >= 11 is 0. The van der Waals surface area contributed by atoms with E-state index in [0.717, 1.165) is 56.5 Å². The lowest BCUT2D eigenvalue weighted by Gasteiger charge is -2.17. The smallest absolute Gasteiger partial charge is 0.307 e. The Balaban J connectivity index is 1.53. The van der Waals surface area contributed by atoms with Gasteiger partial charge in [-0.1, -0.05) is 85.8 Å². The molecule has 5 rings (SSSR count). The number of rotatable bonds is 8. The van der Waals surface area contributed by atoms with Crippen LogP contribution in [0.15, 0.2) is 97.2 Å². The van der Waals surface area contributed by atoms with E-state index in [2.05, 4.69) is 68.4 Å². The molecule has 0 aliphatic heterocycles. The third-order valence-electron chi connectivity index (χ3n) is 6.69. The molecule has 184 valence electrons. The first kappa shape index (κ1) is 24.3. The SMILES string of the molecule is CCc1ccccc1-c1cnc2c(C)cccc2c1-c1cccc(OCc2ccc(CC(=O)O)cc2)c1. The van der Waals surface area contributed by atoms with Crippen LogP contribution in [0.5, 0.6) is 5.75 Å². The predicted octanol–water partition coefficient (Wildman–Crippen LogP) is 7.65. The first-order valence-electron chi connectivity index (χ1n) is 12.5. The zero-order chi connectivity index (χ0) is 25.8. The molecule has 0 unspecified atom stereocenters. The summed E-state index contributed by atoms with van der Waals surface area (Å²) in [5.41, 5.74) is 9.74. The minimum atomic E-state index is -0.833. The third kappa shape index (κ3) is 5.24. The fraction of sp³-hybridized carbons (Fsp3) is 0.152. The minimum absolute atomic E-state index is 0.0199. The summed E-state index contributed by atoms with van der Waals surface area (Å²) in [6.45, 7) is 4.68. The van der Waals surface area contributed by atoms with Crippen molar-refractivity contribution in [2.24, 2.45) is 0 Å². The number of aromatic nitrogens is 1. The fourth-order valence-electron chi connectivity index (χ4n) is 4.81. The molecule has 1 aromatic heterocycles. The molecule has 1 heterocycles. The minimum Gasteiger partial charge on any atom is -0.489 e. The monoisotopic (exact) mass is 487 g/mol. The van der Waals surface area contributed by atoms with Crippen LogP contribution in [0.1, 0.15) is 29.2 Å². The van der Waals surface area contributed by atoms with Crippen molar-refractivity contribution in [1.29, 1.82) is 0 Å². The van der Waals surface area contributed by atoms with Crippen LogP contribution in [-0.4, -0.2) is 16.1 Å². The summed E-state index contributed by atoms with van der Waals surface area (Å²) in [6, 6.07) is 30.6. The number of fused-ring (bicyclic) bond motifs is 1. The van der Waals surface area contributed by atoms with Gasteiger partial charge in [0.25, 0.3) is 0 Å². The maximum atomic E-state index is 10.9. The second kappa shape index (κ2) is 10.7. The van der Waals surface area contributed by atoms with E-state index in [0.29, 0.717) is 6.61 Å². The number of carbonyl (C=O) groups is 1. The molecule has 0 aliphatic rings. The molecule has 0 amide bonds. The molecule has 0 saturated heterocycles. The Morgan fingerprint density at radius 3 is 2.41 bits per heavy atom. The molecule has 0 radical (unpaired) electrons. The molecule has 5 aromatic rings.